The van der Waals surface area contributed by atoms with Gasteiger partial charge in [-0.05, 0) is 32.1 Å². The van der Waals surface area contributed by atoms with Crippen LogP contribution in [-0.4, -0.2) is 30.6 Å². The lowest BCUT2D eigenvalue weighted by atomic mass is 9.96. The third kappa shape index (κ3) is 4.65. The van der Waals surface area contributed by atoms with Gasteiger partial charge in [0.15, 0.2) is 11.5 Å². The van der Waals surface area contributed by atoms with E-state index in [1.165, 1.54) is 19.2 Å². The number of nitrogens with one attached hydrogen (secondary N) is 1. The number of amides is 1. The van der Waals surface area contributed by atoms with Gasteiger partial charge in [-0.15, -0.1) is 0 Å². The van der Waals surface area contributed by atoms with Crippen molar-refractivity contribution < 1.29 is 19.2 Å². The molecule has 1 aliphatic carbocycles. The average Bonchev–Trinajstić information content (AvgIpc) is 3.06. The molecule has 0 bridgehead atoms. The highest BCUT2D eigenvalue weighted by Gasteiger charge is 2.31. The molecule has 1 amide bonds. The van der Waals surface area contributed by atoms with Crippen LogP contribution in [0.5, 0.6) is 11.5 Å². The van der Waals surface area contributed by atoms with Gasteiger partial charge in [0, 0.05) is 12.1 Å². The summed E-state index contributed by atoms with van der Waals surface area (Å²) in [5.74, 6) is 0.604. The molecule has 0 aromatic heterocycles. The summed E-state index contributed by atoms with van der Waals surface area (Å²) in [6.45, 7) is 4.33. The molecule has 0 spiro atoms. The Labute approximate surface area is 154 Å². The van der Waals surface area contributed by atoms with E-state index in [2.05, 4.69) is 12.2 Å². The molecular weight excluding hydrogens is 336 g/mol. The van der Waals surface area contributed by atoms with Crippen molar-refractivity contribution in [3.63, 3.8) is 0 Å². The first-order valence-corrected chi connectivity index (χ1v) is 9.31. The van der Waals surface area contributed by atoms with Gasteiger partial charge in [-0.3, -0.25) is 14.9 Å². The van der Waals surface area contributed by atoms with Gasteiger partial charge < -0.3 is 14.8 Å². The van der Waals surface area contributed by atoms with Gasteiger partial charge in [-0.25, -0.2) is 0 Å². The Morgan fingerprint density at radius 3 is 2.69 bits per heavy atom. The second-order valence-corrected chi connectivity index (χ2v) is 6.62. The van der Waals surface area contributed by atoms with Gasteiger partial charge >= 0.3 is 0 Å². The van der Waals surface area contributed by atoms with Crippen molar-refractivity contribution in [1.82, 2.24) is 5.32 Å². The lowest BCUT2D eigenvalue weighted by Crippen LogP contribution is -2.37. The summed E-state index contributed by atoms with van der Waals surface area (Å²) in [5, 5.41) is 14.5. The normalized spacial score (nSPS) is 19.2. The van der Waals surface area contributed by atoms with Gasteiger partial charge in [-0.2, -0.15) is 0 Å². The Balaban J connectivity index is 2.26. The number of carbonyl (C=O) groups excluding carboxylic acids is 1. The number of hydrogen-bond acceptors (Lipinski definition) is 5. The molecular formula is C19H28N2O5. The van der Waals surface area contributed by atoms with E-state index in [1.807, 2.05) is 0 Å². The summed E-state index contributed by atoms with van der Waals surface area (Å²) in [6, 6.07) is 2.74. The van der Waals surface area contributed by atoms with Crippen molar-refractivity contribution >= 4 is 11.6 Å². The summed E-state index contributed by atoms with van der Waals surface area (Å²) in [4.78, 5) is 23.7. The molecule has 7 heteroatoms. The van der Waals surface area contributed by atoms with Crippen LogP contribution >= 0.6 is 0 Å². The highest BCUT2D eigenvalue weighted by molar-refractivity contribution is 5.99. The van der Waals surface area contributed by atoms with E-state index in [9.17, 15) is 14.9 Å². The fraction of sp³-hybridized carbons (Fsp3) is 0.632. The van der Waals surface area contributed by atoms with Crippen molar-refractivity contribution in [3.05, 3.63) is 27.8 Å². The summed E-state index contributed by atoms with van der Waals surface area (Å²) in [5.41, 5.74) is -0.258. The average molecular weight is 364 g/mol. The number of rotatable bonds is 9. The SMILES string of the molecule is CCCC[C@@H]1CCC[C@@H]1NC(=O)c1cc(OCC)c(OC)cc1[N+](=O)[O-]. The smallest absolute Gasteiger partial charge is 0.286 e. The van der Waals surface area contributed by atoms with Crippen molar-refractivity contribution in [2.24, 2.45) is 5.92 Å². The molecule has 1 aliphatic rings. The minimum atomic E-state index is -0.559. The number of hydrogen-bond donors (Lipinski definition) is 1. The van der Waals surface area contributed by atoms with E-state index in [1.54, 1.807) is 6.92 Å². The van der Waals surface area contributed by atoms with Crippen LogP contribution < -0.4 is 14.8 Å². The summed E-state index contributed by atoms with van der Waals surface area (Å²) in [7, 11) is 1.41. The number of unbranched alkanes of at least 4 members (excludes halogenated alkanes) is 1. The zero-order chi connectivity index (χ0) is 19.1. The fourth-order valence-electron chi connectivity index (χ4n) is 3.59. The minimum absolute atomic E-state index is 0.0143. The fourth-order valence-corrected chi connectivity index (χ4v) is 3.59. The highest BCUT2D eigenvalue weighted by atomic mass is 16.6. The van der Waals surface area contributed by atoms with Gasteiger partial charge in [-0.1, -0.05) is 26.2 Å². The second-order valence-electron chi connectivity index (χ2n) is 6.62. The molecule has 1 aromatic carbocycles. The van der Waals surface area contributed by atoms with Gasteiger partial charge in [0.1, 0.15) is 5.56 Å². The Kier molecular flexibility index (Phi) is 7.24. The number of carbonyl (C=O) groups is 1. The predicted octanol–water partition coefficient (Wildman–Crippen LogP) is 4.09. The third-order valence-corrected chi connectivity index (χ3v) is 4.93. The second kappa shape index (κ2) is 9.40. The number of ether oxygens (including phenoxy) is 2. The standard InChI is InChI=1S/C19H28N2O5/c1-4-6-8-13-9-7-10-15(13)20-19(22)14-11-18(26-5-2)17(25-3)12-16(14)21(23)24/h11-13,15H,4-10H2,1-3H3,(H,20,22)/t13-,15+/m1/s1. The maximum Gasteiger partial charge on any atom is 0.286 e. The van der Waals surface area contributed by atoms with Crippen LogP contribution in [0.1, 0.15) is 62.7 Å². The van der Waals surface area contributed by atoms with Crippen LogP contribution in [0.3, 0.4) is 0 Å². The van der Waals surface area contributed by atoms with Gasteiger partial charge in [0.25, 0.3) is 11.6 Å². The van der Waals surface area contributed by atoms with Gasteiger partial charge in [0.2, 0.25) is 0 Å². The lowest BCUT2D eigenvalue weighted by Gasteiger charge is -2.21. The molecule has 0 unspecified atom stereocenters. The Hall–Kier alpha value is -2.31. The summed E-state index contributed by atoms with van der Waals surface area (Å²) >= 11 is 0. The van der Waals surface area contributed by atoms with E-state index in [4.69, 9.17) is 9.47 Å². The molecule has 0 saturated heterocycles. The van der Waals surface area contributed by atoms with Crippen LogP contribution in [-0.2, 0) is 0 Å². The molecule has 144 valence electrons. The molecule has 1 fully saturated rings. The molecule has 0 aliphatic heterocycles. The predicted molar refractivity (Wildman–Crippen MR) is 98.9 cm³/mol. The molecule has 0 radical (unpaired) electrons. The van der Waals surface area contributed by atoms with E-state index in [0.29, 0.717) is 18.3 Å². The monoisotopic (exact) mass is 364 g/mol. The maximum atomic E-state index is 12.8. The number of methoxy groups -OCH3 is 1. The quantitative estimate of drug-likeness (QED) is 0.526. The van der Waals surface area contributed by atoms with E-state index < -0.39 is 10.8 Å². The largest absolute Gasteiger partial charge is 0.493 e. The number of benzene rings is 1. The van der Waals surface area contributed by atoms with Crippen molar-refractivity contribution in [2.75, 3.05) is 13.7 Å². The Bertz CT molecular complexity index is 647. The molecule has 26 heavy (non-hydrogen) atoms. The van der Waals surface area contributed by atoms with Crippen LogP contribution in [0.15, 0.2) is 12.1 Å². The van der Waals surface area contributed by atoms with E-state index in [-0.39, 0.29) is 23.0 Å². The highest BCUT2D eigenvalue weighted by Crippen LogP contribution is 2.35. The molecule has 2 atom stereocenters. The first kappa shape index (κ1) is 20.0. The lowest BCUT2D eigenvalue weighted by molar-refractivity contribution is -0.385. The van der Waals surface area contributed by atoms with Crippen molar-refractivity contribution in [1.29, 1.82) is 0 Å². The molecule has 0 heterocycles. The van der Waals surface area contributed by atoms with Crippen molar-refractivity contribution in [3.8, 4) is 11.5 Å². The Morgan fingerprint density at radius 2 is 2.08 bits per heavy atom. The summed E-state index contributed by atoms with van der Waals surface area (Å²) < 4.78 is 10.6. The molecule has 2 rings (SSSR count). The topological polar surface area (TPSA) is 90.7 Å². The first-order chi connectivity index (χ1) is 12.5. The third-order valence-electron chi connectivity index (χ3n) is 4.93. The molecule has 1 saturated carbocycles. The molecule has 7 nitrogen and oxygen atoms in total. The molecule has 1 aromatic rings. The van der Waals surface area contributed by atoms with Crippen LogP contribution in [0.4, 0.5) is 5.69 Å². The van der Waals surface area contributed by atoms with Crippen LogP contribution in [0, 0.1) is 16.0 Å². The number of nitro groups is 1. The van der Waals surface area contributed by atoms with Crippen LogP contribution in [0.2, 0.25) is 0 Å². The summed E-state index contributed by atoms with van der Waals surface area (Å²) in [6.07, 6.45) is 6.43. The minimum Gasteiger partial charge on any atom is -0.493 e. The van der Waals surface area contributed by atoms with E-state index in [0.717, 1.165) is 38.5 Å². The van der Waals surface area contributed by atoms with Gasteiger partial charge in [0.05, 0.1) is 24.7 Å². The first-order valence-electron chi connectivity index (χ1n) is 9.31. The Morgan fingerprint density at radius 1 is 1.31 bits per heavy atom. The van der Waals surface area contributed by atoms with E-state index >= 15 is 0 Å². The number of nitro benzene ring substituents is 1. The molecule has 1 N–H and O–H groups in total. The number of nitrogens with zero attached hydrogens (tertiary/aromatic N) is 1. The zero-order valence-corrected chi connectivity index (χ0v) is 15.7. The zero-order valence-electron chi connectivity index (χ0n) is 15.7. The maximum absolute atomic E-state index is 12.8. The van der Waals surface area contributed by atoms with Crippen molar-refractivity contribution in [2.45, 2.75) is 58.4 Å². The van der Waals surface area contributed by atoms with Crippen LogP contribution in [0.25, 0.3) is 0 Å².